The zero-order valence-corrected chi connectivity index (χ0v) is 26.8. The first-order valence-electron chi connectivity index (χ1n) is 15.6. The fraction of sp³-hybridized carbons (Fsp3) is 0.618. The van der Waals surface area contributed by atoms with E-state index in [2.05, 4.69) is 33.9 Å². The fourth-order valence-electron chi connectivity index (χ4n) is 7.78. The topological polar surface area (TPSA) is 81.2 Å². The van der Waals surface area contributed by atoms with E-state index < -0.39 is 33.4 Å². The highest BCUT2D eigenvalue weighted by Gasteiger charge is 2.78. The first-order chi connectivity index (χ1) is 20.1. The Morgan fingerprint density at radius 2 is 1.79 bits per heavy atom. The first-order valence-corrected chi connectivity index (χ1v) is 16.4. The predicted octanol–water partition coefficient (Wildman–Crippen LogP) is 5.30. The van der Waals surface area contributed by atoms with Crippen molar-refractivity contribution in [2.45, 2.75) is 94.3 Å². The van der Waals surface area contributed by atoms with Gasteiger partial charge in [-0.05, 0) is 51.2 Å². The van der Waals surface area contributed by atoms with E-state index in [1.54, 1.807) is 33.7 Å². The van der Waals surface area contributed by atoms with Crippen LogP contribution < -0.4 is 4.90 Å². The zero-order valence-electron chi connectivity index (χ0n) is 26.0. The van der Waals surface area contributed by atoms with Gasteiger partial charge in [-0.25, -0.2) is 0 Å². The van der Waals surface area contributed by atoms with Crippen LogP contribution in [0.4, 0.5) is 5.69 Å². The molecular weight excluding hydrogens is 546 g/mol. The molecule has 0 saturated carbocycles. The summed E-state index contributed by atoms with van der Waals surface area (Å²) < 4.78 is -1.23. The molecule has 1 aromatic carbocycles. The number of amides is 3. The Morgan fingerprint density at radius 1 is 1.12 bits per heavy atom. The Morgan fingerprint density at radius 3 is 2.36 bits per heavy atom. The van der Waals surface area contributed by atoms with Crippen molar-refractivity contribution in [3.63, 3.8) is 0 Å². The van der Waals surface area contributed by atoms with Crippen molar-refractivity contribution < 1.29 is 19.5 Å². The van der Waals surface area contributed by atoms with Crippen molar-refractivity contribution >= 4 is 35.2 Å². The number of likely N-dealkylation sites (tertiary alicyclic amines) is 1. The lowest BCUT2D eigenvalue weighted by atomic mass is 9.66. The van der Waals surface area contributed by atoms with Crippen LogP contribution in [-0.4, -0.2) is 79.9 Å². The lowest BCUT2D eigenvalue weighted by Crippen LogP contribution is -2.59. The molecule has 3 heterocycles. The van der Waals surface area contributed by atoms with E-state index in [-0.39, 0.29) is 36.3 Å². The lowest BCUT2D eigenvalue weighted by molar-refractivity contribution is -0.148. The van der Waals surface area contributed by atoms with Gasteiger partial charge in [-0.3, -0.25) is 14.4 Å². The number of hydrogen-bond acceptors (Lipinski definition) is 5. The summed E-state index contributed by atoms with van der Waals surface area (Å²) in [6.07, 6.45) is 7.40. The van der Waals surface area contributed by atoms with Gasteiger partial charge in [0.15, 0.2) is 0 Å². The number of aliphatic hydroxyl groups excluding tert-OH is 1. The third-order valence-electron chi connectivity index (χ3n) is 10.1. The number of benzene rings is 1. The van der Waals surface area contributed by atoms with Crippen LogP contribution in [0.2, 0.25) is 0 Å². The van der Waals surface area contributed by atoms with E-state index in [0.717, 1.165) is 31.4 Å². The van der Waals surface area contributed by atoms with Crippen LogP contribution in [0.3, 0.4) is 0 Å². The van der Waals surface area contributed by atoms with Crippen molar-refractivity contribution in [1.29, 1.82) is 0 Å². The van der Waals surface area contributed by atoms with Crippen molar-refractivity contribution in [3.8, 4) is 0 Å². The van der Waals surface area contributed by atoms with Gasteiger partial charge in [0, 0.05) is 29.6 Å². The maximum atomic E-state index is 14.8. The lowest BCUT2D eigenvalue weighted by Gasteiger charge is -2.42. The highest BCUT2D eigenvalue weighted by atomic mass is 32.2. The highest BCUT2D eigenvalue weighted by Crippen LogP contribution is 2.72. The van der Waals surface area contributed by atoms with Gasteiger partial charge >= 0.3 is 0 Å². The molecule has 8 heteroatoms. The predicted molar refractivity (Wildman–Crippen MR) is 171 cm³/mol. The summed E-state index contributed by atoms with van der Waals surface area (Å²) in [6.45, 7) is 18.6. The summed E-state index contributed by atoms with van der Waals surface area (Å²) in [4.78, 5) is 49.5. The van der Waals surface area contributed by atoms with Crippen LogP contribution in [0.1, 0.15) is 66.7 Å². The molecule has 3 unspecified atom stereocenters. The van der Waals surface area contributed by atoms with Crippen LogP contribution in [0.25, 0.3) is 0 Å². The summed E-state index contributed by atoms with van der Waals surface area (Å²) in [5, 5.41) is 10.7. The molecule has 8 atom stereocenters. The number of aliphatic hydroxyl groups is 1. The van der Waals surface area contributed by atoms with Gasteiger partial charge in [-0.15, -0.1) is 24.9 Å². The minimum atomic E-state index is -0.755. The third-order valence-corrected chi connectivity index (χ3v) is 12.0. The van der Waals surface area contributed by atoms with Crippen molar-refractivity contribution in [1.82, 2.24) is 9.80 Å². The Hall–Kier alpha value is -2.58. The fourth-order valence-corrected chi connectivity index (χ4v) is 10.1. The van der Waals surface area contributed by atoms with Gasteiger partial charge in [0.25, 0.3) is 0 Å². The minimum Gasteiger partial charge on any atom is -0.394 e. The van der Waals surface area contributed by atoms with E-state index in [4.69, 9.17) is 0 Å². The Labute approximate surface area is 256 Å². The molecule has 3 saturated heterocycles. The molecule has 1 spiro atoms. The zero-order chi connectivity index (χ0) is 30.8. The monoisotopic (exact) mass is 595 g/mol. The molecule has 7 nitrogen and oxygen atoms in total. The smallest absolute Gasteiger partial charge is 0.247 e. The van der Waals surface area contributed by atoms with E-state index in [1.165, 1.54) is 0 Å². The SMILES string of the molecule is C=CCN(C(=O)[C@@H]1[C@H]2C(=O)N([C@@H](CO)[C@@H](C)CC)C(C(=O)N(CC=C)C(C)CCC)C23CC[C@@]1(C)S3)c1ccccc1. The average Bonchev–Trinajstić information content (AvgIpc) is 3.55. The highest BCUT2D eigenvalue weighted by molar-refractivity contribution is 8.02. The van der Waals surface area contributed by atoms with E-state index in [0.29, 0.717) is 19.5 Å². The summed E-state index contributed by atoms with van der Waals surface area (Å²) in [5.74, 6) is -1.63. The first kappa shape index (κ1) is 32.3. The van der Waals surface area contributed by atoms with Gasteiger partial charge in [-0.1, -0.05) is 64.0 Å². The molecular formula is C34H49N3O4S. The molecule has 0 aliphatic carbocycles. The Balaban J connectivity index is 1.86. The Bertz CT molecular complexity index is 1180. The molecule has 3 amide bonds. The maximum Gasteiger partial charge on any atom is 0.247 e. The molecule has 1 N–H and O–H groups in total. The summed E-state index contributed by atoms with van der Waals surface area (Å²) in [6, 6.07) is 8.23. The number of rotatable bonds is 14. The van der Waals surface area contributed by atoms with Crippen LogP contribution in [0, 0.1) is 17.8 Å². The maximum absolute atomic E-state index is 14.8. The second kappa shape index (κ2) is 13.0. The second-order valence-corrected chi connectivity index (χ2v) is 14.5. The number of thioether (sulfide) groups is 1. The van der Waals surface area contributed by atoms with Gasteiger partial charge in [-0.2, -0.15) is 0 Å². The number of fused-ring (bicyclic) bond motifs is 1. The number of carbonyl (C=O) groups excluding carboxylic acids is 3. The quantitative estimate of drug-likeness (QED) is 0.296. The van der Waals surface area contributed by atoms with Gasteiger partial charge in [0.1, 0.15) is 6.04 Å². The summed E-state index contributed by atoms with van der Waals surface area (Å²) >= 11 is 1.68. The second-order valence-electron chi connectivity index (χ2n) is 12.6. The van der Waals surface area contributed by atoms with Crippen molar-refractivity contribution in [3.05, 3.63) is 55.6 Å². The summed E-state index contributed by atoms with van der Waals surface area (Å²) in [7, 11) is 0. The number of hydrogen-bond donors (Lipinski definition) is 1. The van der Waals surface area contributed by atoms with Gasteiger partial charge in [0.05, 0.1) is 29.2 Å². The molecule has 3 fully saturated rings. The number of nitrogens with zero attached hydrogens (tertiary/aromatic N) is 3. The molecule has 0 aromatic heterocycles. The average molecular weight is 596 g/mol. The third kappa shape index (κ3) is 5.23. The molecule has 230 valence electrons. The molecule has 3 aliphatic heterocycles. The molecule has 4 rings (SSSR count). The van der Waals surface area contributed by atoms with Crippen molar-refractivity contribution in [2.24, 2.45) is 17.8 Å². The molecule has 0 radical (unpaired) electrons. The van der Waals surface area contributed by atoms with E-state index >= 15 is 0 Å². The molecule has 42 heavy (non-hydrogen) atoms. The van der Waals surface area contributed by atoms with Crippen LogP contribution in [0.5, 0.6) is 0 Å². The van der Waals surface area contributed by atoms with Crippen molar-refractivity contribution in [2.75, 3.05) is 24.6 Å². The number of para-hydroxylation sites is 1. The minimum absolute atomic E-state index is 0.0149. The molecule has 3 aliphatic rings. The summed E-state index contributed by atoms with van der Waals surface area (Å²) in [5.41, 5.74) is 0.765. The van der Waals surface area contributed by atoms with Crippen LogP contribution in [0.15, 0.2) is 55.6 Å². The van der Waals surface area contributed by atoms with E-state index in [9.17, 15) is 19.5 Å². The number of carbonyl (C=O) groups is 3. The largest absolute Gasteiger partial charge is 0.394 e. The Kier molecular flexibility index (Phi) is 9.98. The van der Waals surface area contributed by atoms with Gasteiger partial charge in [0.2, 0.25) is 17.7 Å². The van der Waals surface area contributed by atoms with Crippen LogP contribution >= 0.6 is 11.8 Å². The normalized spacial score (nSPS) is 30.0. The molecule has 1 aromatic rings. The van der Waals surface area contributed by atoms with E-state index in [1.807, 2.05) is 49.1 Å². The molecule has 2 bridgehead atoms. The standard InChI is InChI=1S/C34H49N3O4S/c1-8-15-24(6)35(20-9-2)32(41)29-34-19-18-33(7,42-34)27(28(34)31(40)37(29)26(22-38)23(5)11-4)30(39)36(21-10-3)25-16-13-12-14-17-25/h9-10,12-14,16-17,23-24,26-29,38H,2-3,8,11,15,18-22H2,1,4-7H3/t23-,24?,26-,27-,28-,29?,33+,34?/m0/s1. The van der Waals surface area contributed by atoms with Gasteiger partial charge < -0.3 is 19.8 Å². The van der Waals surface area contributed by atoms with Crippen LogP contribution in [-0.2, 0) is 14.4 Å². The number of anilines is 1.